The van der Waals surface area contributed by atoms with Crippen molar-refractivity contribution in [3.63, 3.8) is 0 Å². The van der Waals surface area contributed by atoms with Crippen LogP contribution in [0.4, 0.5) is 5.82 Å². The Bertz CT molecular complexity index is 359. The number of anilines is 1. The normalized spacial score (nSPS) is 10.0. The Morgan fingerprint density at radius 1 is 1.41 bits per heavy atom. The average Bonchev–Trinajstić information content (AvgIpc) is 2.28. The van der Waals surface area contributed by atoms with Crippen LogP contribution in [0.3, 0.4) is 0 Å². The maximum absolute atomic E-state index is 10.0. The van der Waals surface area contributed by atoms with Crippen molar-refractivity contribution >= 4 is 23.8 Å². The van der Waals surface area contributed by atoms with Crippen LogP contribution < -0.4 is 10.6 Å². The van der Waals surface area contributed by atoms with Crippen LogP contribution in [0.25, 0.3) is 0 Å². The number of aryl methyl sites for hydroxylation is 1. The van der Waals surface area contributed by atoms with Gasteiger partial charge in [-0.3, -0.25) is 4.79 Å². The summed E-state index contributed by atoms with van der Waals surface area (Å²) in [5, 5.41) is 6.21. The summed E-state index contributed by atoms with van der Waals surface area (Å²) >= 11 is 5.90. The van der Waals surface area contributed by atoms with E-state index in [9.17, 15) is 4.79 Å². The number of amides is 1. The molecule has 5 nitrogen and oxygen atoms in total. The predicted molar refractivity (Wildman–Crippen MR) is 68.2 cm³/mol. The smallest absolute Gasteiger partial charge is 0.207 e. The molecule has 0 atom stereocenters. The van der Waals surface area contributed by atoms with E-state index in [1.54, 1.807) is 6.07 Å². The van der Waals surface area contributed by atoms with Gasteiger partial charge in [-0.05, 0) is 12.8 Å². The fourth-order valence-corrected chi connectivity index (χ4v) is 1.56. The van der Waals surface area contributed by atoms with Crippen molar-refractivity contribution in [2.75, 3.05) is 18.4 Å². The third-order valence-electron chi connectivity index (χ3n) is 2.10. The lowest BCUT2D eigenvalue weighted by molar-refractivity contribution is -0.109. The Morgan fingerprint density at radius 3 is 2.94 bits per heavy atom. The van der Waals surface area contributed by atoms with Gasteiger partial charge in [0, 0.05) is 25.6 Å². The van der Waals surface area contributed by atoms with E-state index in [4.69, 9.17) is 11.6 Å². The predicted octanol–water partition coefficient (Wildman–Crippen LogP) is 1.63. The Balaban J connectivity index is 2.43. The van der Waals surface area contributed by atoms with Crippen LogP contribution in [-0.2, 0) is 11.2 Å². The lowest BCUT2D eigenvalue weighted by Crippen LogP contribution is -2.16. The van der Waals surface area contributed by atoms with Gasteiger partial charge in [-0.2, -0.15) is 0 Å². The zero-order valence-corrected chi connectivity index (χ0v) is 10.6. The summed E-state index contributed by atoms with van der Waals surface area (Å²) in [6.07, 6.45) is 3.34. The van der Waals surface area contributed by atoms with Crippen molar-refractivity contribution in [3.05, 3.63) is 17.0 Å². The molecule has 0 aliphatic carbocycles. The minimum absolute atomic E-state index is 0.456. The van der Waals surface area contributed by atoms with Gasteiger partial charge in [0.1, 0.15) is 16.8 Å². The first-order valence-electron chi connectivity index (χ1n) is 5.70. The molecular weight excluding hydrogens is 240 g/mol. The molecule has 0 aromatic carbocycles. The van der Waals surface area contributed by atoms with Crippen LogP contribution in [0.1, 0.15) is 25.6 Å². The van der Waals surface area contributed by atoms with E-state index in [0.717, 1.165) is 37.4 Å². The Kier molecular flexibility index (Phi) is 6.32. The van der Waals surface area contributed by atoms with E-state index in [0.29, 0.717) is 18.1 Å². The summed E-state index contributed by atoms with van der Waals surface area (Å²) in [7, 11) is 0. The molecule has 1 amide bonds. The Hall–Kier alpha value is -1.36. The van der Waals surface area contributed by atoms with Gasteiger partial charge in [0.15, 0.2) is 0 Å². The molecule has 0 aliphatic rings. The van der Waals surface area contributed by atoms with Gasteiger partial charge in [-0.25, -0.2) is 9.97 Å². The second kappa shape index (κ2) is 7.84. The lowest BCUT2D eigenvalue weighted by atomic mass is 10.3. The fraction of sp³-hybridized carbons (Fsp3) is 0.545. The molecule has 0 unspecified atom stereocenters. The molecule has 0 saturated carbocycles. The summed E-state index contributed by atoms with van der Waals surface area (Å²) in [6, 6.07) is 1.70. The molecule has 1 aromatic heterocycles. The molecule has 1 rings (SSSR count). The lowest BCUT2D eigenvalue weighted by Gasteiger charge is -2.07. The van der Waals surface area contributed by atoms with Gasteiger partial charge in [0.05, 0.1) is 0 Å². The molecule has 0 radical (unpaired) electrons. The van der Waals surface area contributed by atoms with E-state index in [2.05, 4.69) is 27.5 Å². The quantitative estimate of drug-likeness (QED) is 0.422. The average molecular weight is 257 g/mol. The number of rotatable bonds is 8. The molecule has 1 aromatic rings. The third kappa shape index (κ3) is 5.49. The van der Waals surface area contributed by atoms with Crippen molar-refractivity contribution in [3.8, 4) is 0 Å². The third-order valence-corrected chi connectivity index (χ3v) is 2.30. The summed E-state index contributed by atoms with van der Waals surface area (Å²) in [6.45, 7) is 3.46. The van der Waals surface area contributed by atoms with Crippen molar-refractivity contribution in [1.29, 1.82) is 0 Å². The second-order valence-electron chi connectivity index (χ2n) is 3.59. The number of halogens is 1. The first-order chi connectivity index (χ1) is 8.26. The van der Waals surface area contributed by atoms with Gasteiger partial charge < -0.3 is 10.6 Å². The molecule has 94 valence electrons. The van der Waals surface area contributed by atoms with E-state index in [1.807, 2.05) is 0 Å². The zero-order chi connectivity index (χ0) is 12.5. The first kappa shape index (κ1) is 13.7. The monoisotopic (exact) mass is 256 g/mol. The summed E-state index contributed by atoms with van der Waals surface area (Å²) in [5.41, 5.74) is 0. The van der Waals surface area contributed by atoms with E-state index < -0.39 is 0 Å². The molecule has 17 heavy (non-hydrogen) atoms. The molecule has 0 aliphatic heterocycles. The minimum Gasteiger partial charge on any atom is -0.370 e. The van der Waals surface area contributed by atoms with Crippen LogP contribution in [-0.4, -0.2) is 29.5 Å². The maximum atomic E-state index is 10.0. The number of nitrogens with zero attached hydrogens (tertiary/aromatic N) is 2. The molecule has 2 N–H and O–H groups in total. The zero-order valence-electron chi connectivity index (χ0n) is 9.87. The van der Waals surface area contributed by atoms with Crippen molar-refractivity contribution in [2.45, 2.75) is 26.2 Å². The first-order valence-corrected chi connectivity index (χ1v) is 6.08. The molecular formula is C11H17ClN4O. The Morgan fingerprint density at radius 2 is 2.24 bits per heavy atom. The van der Waals surface area contributed by atoms with Crippen molar-refractivity contribution < 1.29 is 4.79 Å². The molecule has 0 fully saturated rings. The largest absolute Gasteiger partial charge is 0.370 e. The fourth-order valence-electron chi connectivity index (χ4n) is 1.36. The second-order valence-corrected chi connectivity index (χ2v) is 3.98. The highest BCUT2D eigenvalue weighted by molar-refractivity contribution is 6.29. The number of carbonyl (C=O) groups is 1. The summed E-state index contributed by atoms with van der Waals surface area (Å²) in [4.78, 5) is 18.5. The van der Waals surface area contributed by atoms with Crippen LogP contribution in [0, 0.1) is 0 Å². The van der Waals surface area contributed by atoms with E-state index in [-0.39, 0.29) is 0 Å². The SMILES string of the molecule is CCCc1nc(Cl)cc(NCCCNC=O)n1. The highest BCUT2D eigenvalue weighted by Gasteiger charge is 2.02. The van der Waals surface area contributed by atoms with Crippen LogP contribution in [0.5, 0.6) is 0 Å². The van der Waals surface area contributed by atoms with Gasteiger partial charge in [0.25, 0.3) is 0 Å². The maximum Gasteiger partial charge on any atom is 0.207 e. The Labute approximate surface area is 106 Å². The number of nitrogens with one attached hydrogen (secondary N) is 2. The highest BCUT2D eigenvalue weighted by Crippen LogP contribution is 2.12. The van der Waals surface area contributed by atoms with Crippen LogP contribution >= 0.6 is 11.6 Å². The summed E-state index contributed by atoms with van der Waals surface area (Å²) < 4.78 is 0. The van der Waals surface area contributed by atoms with Crippen molar-refractivity contribution in [1.82, 2.24) is 15.3 Å². The highest BCUT2D eigenvalue weighted by atomic mass is 35.5. The minimum atomic E-state index is 0.456. The van der Waals surface area contributed by atoms with E-state index >= 15 is 0 Å². The number of hydrogen-bond acceptors (Lipinski definition) is 4. The van der Waals surface area contributed by atoms with E-state index in [1.165, 1.54) is 0 Å². The van der Waals surface area contributed by atoms with Gasteiger partial charge in [-0.15, -0.1) is 0 Å². The van der Waals surface area contributed by atoms with Gasteiger partial charge in [0.2, 0.25) is 6.41 Å². The standard InChI is InChI=1S/C11H17ClN4O/c1-2-4-10-15-9(12)7-11(16-10)14-6-3-5-13-8-17/h7-8H,2-6H2,1H3,(H,13,17)(H,14,15,16). The van der Waals surface area contributed by atoms with Gasteiger partial charge >= 0.3 is 0 Å². The summed E-state index contributed by atoms with van der Waals surface area (Å²) in [5.74, 6) is 1.49. The molecule has 1 heterocycles. The molecule has 0 saturated heterocycles. The topological polar surface area (TPSA) is 66.9 Å². The molecule has 0 bridgehead atoms. The molecule has 6 heteroatoms. The molecule has 0 spiro atoms. The van der Waals surface area contributed by atoms with Crippen molar-refractivity contribution in [2.24, 2.45) is 0 Å². The van der Waals surface area contributed by atoms with Gasteiger partial charge in [-0.1, -0.05) is 18.5 Å². The number of carbonyl (C=O) groups excluding carboxylic acids is 1. The van der Waals surface area contributed by atoms with Crippen LogP contribution in [0.15, 0.2) is 6.07 Å². The number of aromatic nitrogens is 2. The van der Waals surface area contributed by atoms with Crippen LogP contribution in [0.2, 0.25) is 5.15 Å². The number of hydrogen-bond donors (Lipinski definition) is 2.